The first-order chi connectivity index (χ1) is 11.0. The summed E-state index contributed by atoms with van der Waals surface area (Å²) in [4.78, 5) is 0. The third kappa shape index (κ3) is 6.30. The molecule has 23 heavy (non-hydrogen) atoms. The predicted octanol–water partition coefficient (Wildman–Crippen LogP) is 2.66. The van der Waals surface area contributed by atoms with Crippen molar-refractivity contribution < 1.29 is 14.9 Å². The van der Waals surface area contributed by atoms with Gasteiger partial charge in [0.15, 0.2) is 0 Å². The normalized spacial score (nSPS) is 13.5. The van der Waals surface area contributed by atoms with Crippen molar-refractivity contribution in [3.63, 3.8) is 0 Å². The van der Waals surface area contributed by atoms with Gasteiger partial charge in [0.05, 0.1) is 0 Å². The lowest BCUT2D eigenvalue weighted by molar-refractivity contribution is 0.104. The van der Waals surface area contributed by atoms with Crippen LogP contribution in [0.5, 0.6) is 11.5 Å². The van der Waals surface area contributed by atoms with E-state index in [1.165, 1.54) is 0 Å². The van der Waals surface area contributed by atoms with E-state index in [2.05, 4.69) is 12.2 Å². The van der Waals surface area contributed by atoms with Crippen LogP contribution in [0.3, 0.4) is 0 Å². The molecule has 0 radical (unpaired) electrons. The van der Waals surface area contributed by atoms with Crippen LogP contribution in [0.2, 0.25) is 0 Å². The van der Waals surface area contributed by atoms with E-state index in [-0.39, 0.29) is 18.4 Å². The van der Waals surface area contributed by atoms with Crippen LogP contribution < -0.4 is 10.1 Å². The molecule has 0 aliphatic carbocycles. The van der Waals surface area contributed by atoms with Gasteiger partial charge in [-0.3, -0.25) is 0 Å². The van der Waals surface area contributed by atoms with Gasteiger partial charge in [-0.1, -0.05) is 24.3 Å². The summed E-state index contributed by atoms with van der Waals surface area (Å²) in [6.45, 7) is 4.82. The highest BCUT2D eigenvalue weighted by Gasteiger charge is 2.09. The highest BCUT2D eigenvalue weighted by atomic mass is 16.5. The summed E-state index contributed by atoms with van der Waals surface area (Å²) in [6, 6.07) is 15.2. The Balaban J connectivity index is 1.69. The van der Waals surface area contributed by atoms with Crippen LogP contribution in [0.1, 0.15) is 18.1 Å². The number of aryl methyl sites for hydroxylation is 1. The second-order valence-corrected chi connectivity index (χ2v) is 5.96. The number of aromatic hydroxyl groups is 1. The Hall–Kier alpha value is -2.04. The third-order valence-electron chi connectivity index (χ3n) is 3.61. The fourth-order valence-corrected chi connectivity index (χ4v) is 2.35. The molecular formula is C19H25NO3. The quantitative estimate of drug-likeness (QED) is 0.701. The van der Waals surface area contributed by atoms with Gasteiger partial charge in [0, 0.05) is 12.6 Å². The minimum atomic E-state index is -0.558. The van der Waals surface area contributed by atoms with E-state index in [4.69, 9.17) is 4.74 Å². The lowest BCUT2D eigenvalue weighted by atomic mass is 10.1. The van der Waals surface area contributed by atoms with Crippen molar-refractivity contribution in [2.75, 3.05) is 13.2 Å². The van der Waals surface area contributed by atoms with Gasteiger partial charge in [0.1, 0.15) is 24.2 Å². The van der Waals surface area contributed by atoms with Gasteiger partial charge in [-0.2, -0.15) is 0 Å². The molecule has 0 amide bonds. The summed E-state index contributed by atoms with van der Waals surface area (Å²) in [5, 5.41) is 22.6. The maximum absolute atomic E-state index is 10.0. The van der Waals surface area contributed by atoms with Crippen molar-refractivity contribution >= 4 is 0 Å². The van der Waals surface area contributed by atoms with Gasteiger partial charge in [0.2, 0.25) is 0 Å². The van der Waals surface area contributed by atoms with Crippen molar-refractivity contribution in [2.24, 2.45) is 0 Å². The Morgan fingerprint density at radius 1 is 1.13 bits per heavy atom. The van der Waals surface area contributed by atoms with Crippen LogP contribution in [0.15, 0.2) is 48.5 Å². The lowest BCUT2D eigenvalue weighted by Gasteiger charge is -2.18. The predicted molar refractivity (Wildman–Crippen MR) is 92.0 cm³/mol. The molecule has 0 aliphatic heterocycles. The first-order valence-electron chi connectivity index (χ1n) is 7.92. The molecule has 124 valence electrons. The van der Waals surface area contributed by atoms with Crippen LogP contribution >= 0.6 is 0 Å². The van der Waals surface area contributed by atoms with Crippen LogP contribution in [-0.4, -0.2) is 35.5 Å². The molecule has 2 unspecified atom stereocenters. The number of aliphatic hydroxyl groups is 1. The lowest BCUT2D eigenvalue weighted by Crippen LogP contribution is -2.37. The van der Waals surface area contributed by atoms with Crippen LogP contribution in [0, 0.1) is 6.92 Å². The van der Waals surface area contributed by atoms with Gasteiger partial charge in [-0.05, 0) is 55.7 Å². The Labute approximate surface area is 137 Å². The number of rotatable bonds is 8. The van der Waals surface area contributed by atoms with E-state index in [0.29, 0.717) is 6.54 Å². The Kier molecular flexibility index (Phi) is 6.44. The summed E-state index contributed by atoms with van der Waals surface area (Å²) < 4.78 is 5.59. The number of aliphatic hydroxyl groups excluding tert-OH is 1. The number of nitrogens with one attached hydrogen (secondary N) is 1. The minimum absolute atomic E-state index is 0.230. The van der Waals surface area contributed by atoms with Gasteiger partial charge in [-0.25, -0.2) is 0 Å². The van der Waals surface area contributed by atoms with Gasteiger partial charge in [0.25, 0.3) is 0 Å². The molecule has 2 aromatic carbocycles. The largest absolute Gasteiger partial charge is 0.508 e. The molecule has 0 saturated heterocycles. The van der Waals surface area contributed by atoms with Crippen molar-refractivity contribution in [3.8, 4) is 11.5 Å². The van der Waals surface area contributed by atoms with E-state index in [1.807, 2.05) is 43.3 Å². The van der Waals surface area contributed by atoms with Crippen LogP contribution in [0.25, 0.3) is 0 Å². The molecule has 0 aromatic heterocycles. The van der Waals surface area contributed by atoms with E-state index in [9.17, 15) is 10.2 Å². The molecule has 0 saturated carbocycles. The summed E-state index contributed by atoms with van der Waals surface area (Å²) in [6.07, 6.45) is 0.281. The van der Waals surface area contributed by atoms with Crippen LogP contribution in [-0.2, 0) is 6.42 Å². The molecule has 0 spiro atoms. The second-order valence-electron chi connectivity index (χ2n) is 5.96. The Bertz CT molecular complexity index is 598. The number of ether oxygens (including phenoxy) is 1. The Morgan fingerprint density at radius 2 is 1.87 bits per heavy atom. The van der Waals surface area contributed by atoms with E-state index in [0.717, 1.165) is 23.3 Å². The van der Waals surface area contributed by atoms with Crippen molar-refractivity contribution in [2.45, 2.75) is 32.4 Å². The SMILES string of the molecule is Cc1cccc(OCC(O)CNC(C)Cc2ccc(O)cc2)c1. The molecule has 3 N–H and O–H groups in total. The van der Waals surface area contributed by atoms with Crippen LogP contribution in [0.4, 0.5) is 0 Å². The van der Waals surface area contributed by atoms with Gasteiger partial charge < -0.3 is 20.3 Å². The second kappa shape index (κ2) is 8.56. The summed E-state index contributed by atoms with van der Waals surface area (Å²) in [7, 11) is 0. The topological polar surface area (TPSA) is 61.7 Å². The third-order valence-corrected chi connectivity index (χ3v) is 3.61. The van der Waals surface area contributed by atoms with Gasteiger partial charge in [-0.15, -0.1) is 0 Å². The summed E-state index contributed by atoms with van der Waals surface area (Å²) >= 11 is 0. The van der Waals surface area contributed by atoms with E-state index < -0.39 is 6.10 Å². The summed E-state index contributed by atoms with van der Waals surface area (Å²) in [5.74, 6) is 1.05. The maximum Gasteiger partial charge on any atom is 0.119 e. The monoisotopic (exact) mass is 315 g/mol. The van der Waals surface area contributed by atoms with Gasteiger partial charge >= 0.3 is 0 Å². The molecule has 4 heteroatoms. The number of hydrogen-bond acceptors (Lipinski definition) is 4. The zero-order chi connectivity index (χ0) is 16.7. The number of benzene rings is 2. The molecule has 0 bridgehead atoms. The molecule has 2 atom stereocenters. The molecule has 0 aliphatic rings. The molecule has 2 rings (SSSR count). The van der Waals surface area contributed by atoms with E-state index >= 15 is 0 Å². The zero-order valence-electron chi connectivity index (χ0n) is 13.7. The fraction of sp³-hybridized carbons (Fsp3) is 0.368. The molecule has 4 nitrogen and oxygen atoms in total. The van der Waals surface area contributed by atoms with Crippen molar-refractivity contribution in [1.29, 1.82) is 0 Å². The molecule has 0 heterocycles. The standard InChI is InChI=1S/C19H25NO3/c1-14-4-3-5-19(10-14)23-13-18(22)12-20-15(2)11-16-6-8-17(21)9-7-16/h3-10,15,18,20-22H,11-13H2,1-2H3. The maximum atomic E-state index is 10.0. The number of phenols is 1. The minimum Gasteiger partial charge on any atom is -0.508 e. The summed E-state index contributed by atoms with van der Waals surface area (Å²) in [5.41, 5.74) is 2.28. The van der Waals surface area contributed by atoms with E-state index in [1.54, 1.807) is 12.1 Å². The average molecular weight is 315 g/mol. The highest BCUT2D eigenvalue weighted by Crippen LogP contribution is 2.13. The first-order valence-corrected chi connectivity index (χ1v) is 7.92. The molecule has 0 fully saturated rings. The smallest absolute Gasteiger partial charge is 0.119 e. The Morgan fingerprint density at radius 3 is 2.57 bits per heavy atom. The zero-order valence-corrected chi connectivity index (χ0v) is 13.7. The first kappa shape index (κ1) is 17.3. The fourth-order valence-electron chi connectivity index (χ4n) is 2.35. The highest BCUT2D eigenvalue weighted by molar-refractivity contribution is 5.27. The average Bonchev–Trinajstić information content (AvgIpc) is 2.53. The number of phenolic OH excluding ortho intramolecular Hbond substituents is 1. The molecule has 2 aromatic rings. The van der Waals surface area contributed by atoms with Crippen molar-refractivity contribution in [1.82, 2.24) is 5.32 Å². The number of hydrogen-bond donors (Lipinski definition) is 3. The molecular weight excluding hydrogens is 290 g/mol. The van der Waals surface area contributed by atoms with Crippen molar-refractivity contribution in [3.05, 3.63) is 59.7 Å².